The summed E-state index contributed by atoms with van der Waals surface area (Å²) in [5, 5.41) is 7.70. The Kier molecular flexibility index (Phi) is 5.46. The second-order valence-corrected chi connectivity index (χ2v) is 2.17. The van der Waals surface area contributed by atoms with E-state index in [0.717, 1.165) is 12.2 Å². The van der Waals surface area contributed by atoms with E-state index in [9.17, 15) is 4.79 Å². The molecule has 0 aliphatic carbocycles. The molecule has 0 fully saturated rings. The Balaban J connectivity index is 0.000000673. The molecule has 9 heteroatoms. The molecule has 0 bridgehead atoms. The van der Waals surface area contributed by atoms with Gasteiger partial charge in [0.2, 0.25) is 29.8 Å². The lowest BCUT2D eigenvalue weighted by Gasteiger charge is -2.00. The maximum absolute atomic E-state index is 10.8. The van der Waals surface area contributed by atoms with Crippen LogP contribution in [0.2, 0.25) is 0 Å². The van der Waals surface area contributed by atoms with Crippen molar-refractivity contribution in [3.05, 3.63) is 12.7 Å². The van der Waals surface area contributed by atoms with Gasteiger partial charge in [0.25, 0.3) is 0 Å². The minimum Gasteiger partial charge on any atom is -0.368 e. The van der Waals surface area contributed by atoms with Crippen LogP contribution in [0.3, 0.4) is 0 Å². The number of rotatable bonds is 2. The zero-order valence-electron chi connectivity index (χ0n) is 8.10. The maximum Gasteiger partial charge on any atom is 0.250 e. The molecule has 6 N–H and O–H groups in total. The molecule has 0 spiro atoms. The van der Waals surface area contributed by atoms with Crippen molar-refractivity contribution in [2.75, 3.05) is 16.8 Å². The smallest absolute Gasteiger partial charge is 0.250 e. The summed E-state index contributed by atoms with van der Waals surface area (Å²) >= 11 is 0. The van der Waals surface area contributed by atoms with Gasteiger partial charge in [-0.25, -0.2) is 10.2 Å². The molecule has 0 atom stereocenters. The van der Waals surface area contributed by atoms with Gasteiger partial charge in [0.15, 0.2) is 0 Å². The van der Waals surface area contributed by atoms with Gasteiger partial charge in [0.05, 0.1) is 0 Å². The third-order valence-corrected chi connectivity index (χ3v) is 1.09. The third kappa shape index (κ3) is 5.04. The van der Waals surface area contributed by atoms with Crippen molar-refractivity contribution in [1.29, 1.82) is 5.41 Å². The van der Waals surface area contributed by atoms with Crippen molar-refractivity contribution < 1.29 is 9.59 Å². The molecule has 0 saturated carbocycles. The second-order valence-electron chi connectivity index (χ2n) is 2.17. The van der Waals surface area contributed by atoms with Crippen LogP contribution in [0, 0.1) is 5.41 Å². The Hall–Kier alpha value is -2.80. The standard InChI is InChI=1S/C6H8N6O.CHNO/c1-2-3(13)9-6-11-4(7)10-5(8)12-6;2-1-3/h2H,1H2,(H5,7,8,9,10,11,12,13);2H. The summed E-state index contributed by atoms with van der Waals surface area (Å²) in [5.41, 5.74) is 10.5. The van der Waals surface area contributed by atoms with Crippen LogP contribution < -0.4 is 16.8 Å². The molecule has 0 aliphatic heterocycles. The molecule has 1 heterocycles. The summed E-state index contributed by atoms with van der Waals surface area (Å²) in [6, 6.07) is 0. The fourth-order valence-corrected chi connectivity index (χ4v) is 0.626. The number of anilines is 3. The highest BCUT2D eigenvalue weighted by Gasteiger charge is 2.02. The van der Waals surface area contributed by atoms with E-state index < -0.39 is 5.91 Å². The van der Waals surface area contributed by atoms with Crippen molar-refractivity contribution in [1.82, 2.24) is 15.0 Å². The van der Waals surface area contributed by atoms with Crippen LogP contribution >= 0.6 is 0 Å². The first kappa shape index (κ1) is 13.2. The van der Waals surface area contributed by atoms with Crippen molar-refractivity contribution in [3.63, 3.8) is 0 Å². The molecule has 1 rings (SSSR count). The first-order valence-electron chi connectivity index (χ1n) is 3.77. The van der Waals surface area contributed by atoms with E-state index in [1.165, 1.54) is 0 Å². The maximum atomic E-state index is 10.8. The molecule has 9 nitrogen and oxygen atoms in total. The lowest BCUT2D eigenvalue weighted by atomic mass is 10.6. The number of hydrogen-bond acceptors (Lipinski definition) is 8. The van der Waals surface area contributed by atoms with Crippen LogP contribution in [0.4, 0.5) is 17.8 Å². The quantitative estimate of drug-likeness (QED) is 0.285. The first-order chi connectivity index (χ1) is 7.53. The van der Waals surface area contributed by atoms with Crippen molar-refractivity contribution in [2.24, 2.45) is 0 Å². The lowest BCUT2D eigenvalue weighted by molar-refractivity contribution is -0.111. The molecule has 1 aromatic heterocycles. The molecule has 84 valence electrons. The van der Waals surface area contributed by atoms with Crippen molar-refractivity contribution >= 4 is 29.8 Å². The number of amides is 1. The van der Waals surface area contributed by atoms with E-state index in [0.29, 0.717) is 0 Å². The van der Waals surface area contributed by atoms with Crippen LogP contribution in [0.1, 0.15) is 0 Å². The number of nitrogen functional groups attached to an aromatic ring is 2. The first-order valence-corrected chi connectivity index (χ1v) is 3.77. The van der Waals surface area contributed by atoms with E-state index in [4.69, 9.17) is 21.7 Å². The average molecular weight is 223 g/mol. The van der Waals surface area contributed by atoms with Crippen molar-refractivity contribution in [2.45, 2.75) is 0 Å². The predicted octanol–water partition coefficient (Wildman–Crippen LogP) is -0.939. The van der Waals surface area contributed by atoms with Gasteiger partial charge in [0, 0.05) is 0 Å². The third-order valence-electron chi connectivity index (χ3n) is 1.09. The number of carbonyl (C=O) groups excluding carboxylic acids is 2. The number of isocyanates is 1. The fourth-order valence-electron chi connectivity index (χ4n) is 0.626. The lowest BCUT2D eigenvalue weighted by Crippen LogP contribution is -2.13. The van der Waals surface area contributed by atoms with Gasteiger partial charge in [-0.3, -0.25) is 10.1 Å². The largest absolute Gasteiger partial charge is 0.368 e. The van der Waals surface area contributed by atoms with Gasteiger partial charge in [0.1, 0.15) is 0 Å². The summed E-state index contributed by atoms with van der Waals surface area (Å²) in [6.45, 7) is 3.26. The minimum atomic E-state index is -0.440. The van der Waals surface area contributed by atoms with Gasteiger partial charge >= 0.3 is 0 Å². The van der Waals surface area contributed by atoms with E-state index in [1.807, 2.05) is 0 Å². The fraction of sp³-hybridized carbons (Fsp3) is 0. The zero-order valence-corrected chi connectivity index (χ0v) is 8.10. The van der Waals surface area contributed by atoms with Gasteiger partial charge in [-0.15, -0.1) is 0 Å². The van der Waals surface area contributed by atoms with Gasteiger partial charge in [-0.05, 0) is 6.08 Å². The summed E-state index contributed by atoms with van der Waals surface area (Å²) in [6.07, 6.45) is 1.83. The van der Waals surface area contributed by atoms with Gasteiger partial charge < -0.3 is 11.5 Å². The molecular formula is C7H9N7O2. The number of aromatic nitrogens is 3. The van der Waals surface area contributed by atoms with E-state index in [-0.39, 0.29) is 17.8 Å². The summed E-state index contributed by atoms with van der Waals surface area (Å²) in [7, 11) is 0. The summed E-state index contributed by atoms with van der Waals surface area (Å²) in [4.78, 5) is 29.9. The summed E-state index contributed by atoms with van der Waals surface area (Å²) in [5.74, 6) is -0.529. The number of carbonyl (C=O) groups is 1. The molecule has 0 aliphatic rings. The molecule has 0 aromatic carbocycles. The van der Waals surface area contributed by atoms with Crippen LogP contribution in [-0.4, -0.2) is 26.9 Å². The van der Waals surface area contributed by atoms with E-state index in [1.54, 1.807) is 0 Å². The molecule has 0 unspecified atom stereocenters. The Bertz CT molecular complexity index is 404. The molecule has 0 saturated heterocycles. The van der Waals surface area contributed by atoms with Crippen LogP contribution in [0.5, 0.6) is 0 Å². The van der Waals surface area contributed by atoms with Gasteiger partial charge in [-0.1, -0.05) is 6.58 Å². The number of nitrogens with one attached hydrogen (secondary N) is 2. The molecule has 0 radical (unpaired) electrons. The molecular weight excluding hydrogens is 214 g/mol. The Labute approximate surface area is 90.1 Å². The predicted molar refractivity (Wildman–Crippen MR) is 55.9 cm³/mol. The minimum absolute atomic E-state index is 0.00917. The summed E-state index contributed by atoms with van der Waals surface area (Å²) < 4.78 is 0. The highest BCUT2D eigenvalue weighted by atomic mass is 16.1. The topological polar surface area (TPSA) is 161 Å². The Morgan fingerprint density at radius 3 is 2.19 bits per heavy atom. The van der Waals surface area contributed by atoms with Crippen LogP contribution in [0.25, 0.3) is 0 Å². The highest BCUT2D eigenvalue weighted by Crippen LogP contribution is 2.02. The normalized spacial score (nSPS) is 8.00. The zero-order chi connectivity index (χ0) is 12.6. The number of nitrogens with two attached hydrogens (primary N) is 2. The molecule has 1 aromatic rings. The van der Waals surface area contributed by atoms with Crippen molar-refractivity contribution in [3.8, 4) is 0 Å². The van der Waals surface area contributed by atoms with Crippen LogP contribution in [-0.2, 0) is 9.59 Å². The number of hydrogen-bond donors (Lipinski definition) is 4. The molecule has 16 heavy (non-hydrogen) atoms. The number of nitrogens with zero attached hydrogens (tertiary/aromatic N) is 3. The Morgan fingerprint density at radius 2 is 1.81 bits per heavy atom. The second kappa shape index (κ2) is 6.62. The van der Waals surface area contributed by atoms with Gasteiger partial charge in [-0.2, -0.15) is 15.0 Å². The molecule has 1 amide bonds. The van der Waals surface area contributed by atoms with E-state index >= 15 is 0 Å². The highest BCUT2D eigenvalue weighted by molar-refractivity contribution is 5.97. The SMILES string of the molecule is C=CC(=O)Nc1nc(N)nc(N)n1.N=C=O. The van der Waals surface area contributed by atoms with Crippen LogP contribution in [0.15, 0.2) is 12.7 Å². The average Bonchev–Trinajstić information content (AvgIpc) is 2.17. The Morgan fingerprint density at radius 1 is 1.38 bits per heavy atom. The monoisotopic (exact) mass is 223 g/mol. The van der Waals surface area contributed by atoms with E-state index in [2.05, 4.69) is 26.8 Å².